The van der Waals surface area contributed by atoms with E-state index in [9.17, 15) is 9.59 Å². The number of rotatable bonds is 3. The number of amides is 1. The number of hydrogen-bond donors (Lipinski definition) is 0. The van der Waals surface area contributed by atoms with Crippen LogP contribution in [0.4, 0.5) is 11.5 Å². The molecule has 4 heterocycles. The first-order valence-corrected chi connectivity index (χ1v) is 8.71. The highest BCUT2D eigenvalue weighted by Gasteiger charge is 2.24. The molecule has 0 radical (unpaired) electrons. The third-order valence-electron chi connectivity index (χ3n) is 4.69. The molecule has 1 aliphatic heterocycles. The maximum absolute atomic E-state index is 12.4. The second-order valence-electron chi connectivity index (χ2n) is 6.38. The second-order valence-corrected chi connectivity index (χ2v) is 6.38. The molecule has 9 nitrogen and oxygen atoms in total. The fourth-order valence-electron chi connectivity index (χ4n) is 3.07. The SMILES string of the molecule is CCN(C)C(=O)c1cnc2c(c1)OCCN2c1ccn2c(=O)n(C)nc2c1. The lowest BCUT2D eigenvalue weighted by atomic mass is 10.2. The average molecular weight is 368 g/mol. The largest absolute Gasteiger partial charge is 0.488 e. The van der Waals surface area contributed by atoms with Crippen LogP contribution in [-0.4, -0.2) is 56.7 Å². The number of carbonyl (C=O) groups is 1. The van der Waals surface area contributed by atoms with Crippen LogP contribution in [0.2, 0.25) is 0 Å². The molecule has 1 aliphatic rings. The summed E-state index contributed by atoms with van der Waals surface area (Å²) in [5.41, 5.74) is 1.71. The minimum Gasteiger partial charge on any atom is -0.488 e. The van der Waals surface area contributed by atoms with Gasteiger partial charge in [0.15, 0.2) is 17.2 Å². The molecule has 1 amide bonds. The molecule has 0 unspecified atom stereocenters. The van der Waals surface area contributed by atoms with Crippen LogP contribution in [0.1, 0.15) is 17.3 Å². The van der Waals surface area contributed by atoms with Gasteiger partial charge >= 0.3 is 5.69 Å². The summed E-state index contributed by atoms with van der Waals surface area (Å²) in [6, 6.07) is 5.41. The molecule has 0 fully saturated rings. The zero-order chi connectivity index (χ0) is 19.1. The van der Waals surface area contributed by atoms with Crippen LogP contribution in [0.5, 0.6) is 5.75 Å². The molecular weight excluding hydrogens is 348 g/mol. The Kier molecular flexibility index (Phi) is 4.06. The van der Waals surface area contributed by atoms with Crippen molar-refractivity contribution in [1.82, 2.24) is 24.1 Å². The lowest BCUT2D eigenvalue weighted by Crippen LogP contribution is -2.31. The number of aromatic nitrogens is 4. The van der Waals surface area contributed by atoms with Crippen molar-refractivity contribution in [2.45, 2.75) is 6.92 Å². The standard InChI is InChI=1S/C18H20N6O3/c1-4-21(2)17(25)12-9-14-16(19-11-12)23(7-8-27-14)13-5-6-24-15(10-13)20-22(3)18(24)26/h5-6,9-11H,4,7-8H2,1-3H3. The van der Waals surface area contributed by atoms with Crippen LogP contribution in [0.25, 0.3) is 5.65 Å². The topological polar surface area (TPSA) is 85.0 Å². The Bertz CT molecular complexity index is 1090. The monoisotopic (exact) mass is 368 g/mol. The van der Waals surface area contributed by atoms with Gasteiger partial charge in [0, 0.05) is 44.8 Å². The van der Waals surface area contributed by atoms with Crippen molar-refractivity contribution >= 4 is 23.1 Å². The van der Waals surface area contributed by atoms with E-state index in [0.717, 1.165) is 5.69 Å². The van der Waals surface area contributed by atoms with E-state index < -0.39 is 0 Å². The average Bonchev–Trinajstić information content (AvgIpc) is 2.99. The second kappa shape index (κ2) is 6.42. The van der Waals surface area contributed by atoms with Crippen molar-refractivity contribution < 1.29 is 9.53 Å². The molecular formula is C18H20N6O3. The third-order valence-corrected chi connectivity index (χ3v) is 4.69. The lowest BCUT2D eigenvalue weighted by molar-refractivity contribution is 0.0801. The molecule has 3 aromatic heterocycles. The normalized spacial score (nSPS) is 13.4. The molecule has 140 valence electrons. The highest BCUT2D eigenvalue weighted by Crippen LogP contribution is 2.35. The fraction of sp³-hybridized carbons (Fsp3) is 0.333. The summed E-state index contributed by atoms with van der Waals surface area (Å²) in [5.74, 6) is 1.11. The molecule has 0 saturated carbocycles. The summed E-state index contributed by atoms with van der Waals surface area (Å²) in [5, 5.41) is 4.23. The van der Waals surface area contributed by atoms with Gasteiger partial charge in [-0.15, -0.1) is 0 Å². The van der Waals surface area contributed by atoms with Crippen molar-refractivity contribution in [1.29, 1.82) is 0 Å². The van der Waals surface area contributed by atoms with Gasteiger partial charge in [0.25, 0.3) is 5.91 Å². The van der Waals surface area contributed by atoms with Gasteiger partial charge in [0.2, 0.25) is 0 Å². The van der Waals surface area contributed by atoms with Crippen molar-refractivity contribution in [2.24, 2.45) is 7.05 Å². The number of carbonyl (C=O) groups excluding carboxylic acids is 1. The van der Waals surface area contributed by atoms with Crippen LogP contribution < -0.4 is 15.3 Å². The van der Waals surface area contributed by atoms with Crippen molar-refractivity contribution in [2.75, 3.05) is 31.6 Å². The summed E-state index contributed by atoms with van der Waals surface area (Å²) in [7, 11) is 3.37. The van der Waals surface area contributed by atoms with Gasteiger partial charge in [-0.1, -0.05) is 0 Å². The lowest BCUT2D eigenvalue weighted by Gasteiger charge is -2.30. The number of aryl methyl sites for hydroxylation is 1. The fourth-order valence-corrected chi connectivity index (χ4v) is 3.07. The number of fused-ring (bicyclic) bond motifs is 2. The van der Waals surface area contributed by atoms with Crippen LogP contribution in [0.15, 0.2) is 35.4 Å². The number of pyridine rings is 2. The van der Waals surface area contributed by atoms with Gasteiger partial charge in [-0.3, -0.25) is 9.20 Å². The summed E-state index contributed by atoms with van der Waals surface area (Å²) < 4.78 is 8.53. The van der Waals surface area contributed by atoms with Gasteiger partial charge < -0.3 is 14.5 Å². The summed E-state index contributed by atoms with van der Waals surface area (Å²) >= 11 is 0. The molecule has 4 rings (SSSR count). The quantitative estimate of drug-likeness (QED) is 0.687. The van der Waals surface area contributed by atoms with Gasteiger partial charge in [-0.2, -0.15) is 5.10 Å². The first kappa shape index (κ1) is 17.1. The highest BCUT2D eigenvalue weighted by molar-refractivity contribution is 5.94. The molecule has 27 heavy (non-hydrogen) atoms. The van der Waals surface area contributed by atoms with E-state index in [0.29, 0.717) is 42.5 Å². The number of anilines is 2. The van der Waals surface area contributed by atoms with Gasteiger partial charge in [0.05, 0.1) is 12.1 Å². The number of ether oxygens (including phenoxy) is 1. The van der Waals surface area contributed by atoms with E-state index in [-0.39, 0.29) is 11.6 Å². The molecule has 0 aromatic carbocycles. The molecule has 0 N–H and O–H groups in total. The zero-order valence-electron chi connectivity index (χ0n) is 15.4. The minimum atomic E-state index is -0.194. The van der Waals surface area contributed by atoms with Crippen molar-refractivity contribution in [3.63, 3.8) is 0 Å². The van der Waals surface area contributed by atoms with Crippen LogP contribution in [0.3, 0.4) is 0 Å². The van der Waals surface area contributed by atoms with E-state index in [4.69, 9.17) is 4.74 Å². The van der Waals surface area contributed by atoms with Gasteiger partial charge in [-0.25, -0.2) is 14.5 Å². The van der Waals surface area contributed by atoms with Crippen LogP contribution >= 0.6 is 0 Å². The molecule has 0 saturated heterocycles. The molecule has 9 heteroatoms. The first-order valence-electron chi connectivity index (χ1n) is 8.71. The number of hydrogen-bond acceptors (Lipinski definition) is 6. The van der Waals surface area contributed by atoms with E-state index >= 15 is 0 Å². The molecule has 0 atom stereocenters. The predicted molar refractivity (Wildman–Crippen MR) is 99.8 cm³/mol. The third kappa shape index (κ3) is 2.80. The zero-order valence-corrected chi connectivity index (χ0v) is 15.4. The summed E-state index contributed by atoms with van der Waals surface area (Å²) in [4.78, 5) is 32.4. The van der Waals surface area contributed by atoms with E-state index in [1.807, 2.05) is 24.0 Å². The Morgan fingerprint density at radius 2 is 2.19 bits per heavy atom. The highest BCUT2D eigenvalue weighted by atomic mass is 16.5. The smallest absolute Gasteiger partial charge is 0.350 e. The molecule has 0 aliphatic carbocycles. The summed E-state index contributed by atoms with van der Waals surface area (Å²) in [6.45, 7) is 3.61. The van der Waals surface area contributed by atoms with Crippen molar-refractivity contribution in [3.8, 4) is 5.75 Å². The Balaban J connectivity index is 1.73. The molecule has 0 spiro atoms. The van der Waals surface area contributed by atoms with Gasteiger partial charge in [-0.05, 0) is 19.1 Å². The number of nitrogens with zero attached hydrogens (tertiary/aromatic N) is 6. The van der Waals surface area contributed by atoms with Gasteiger partial charge in [0.1, 0.15) is 6.61 Å². The minimum absolute atomic E-state index is 0.0946. The molecule has 0 bridgehead atoms. The Hall–Kier alpha value is -3.36. The van der Waals surface area contributed by atoms with Crippen molar-refractivity contribution in [3.05, 3.63) is 46.6 Å². The van der Waals surface area contributed by atoms with E-state index in [1.165, 1.54) is 9.08 Å². The maximum atomic E-state index is 12.4. The first-order chi connectivity index (χ1) is 13.0. The Morgan fingerprint density at radius 1 is 1.37 bits per heavy atom. The van der Waals surface area contributed by atoms with E-state index in [2.05, 4.69) is 10.1 Å². The molecule has 3 aromatic rings. The Morgan fingerprint density at radius 3 is 2.96 bits per heavy atom. The maximum Gasteiger partial charge on any atom is 0.350 e. The summed E-state index contributed by atoms with van der Waals surface area (Å²) in [6.07, 6.45) is 3.27. The van der Waals surface area contributed by atoms with E-state index in [1.54, 1.807) is 37.5 Å². The predicted octanol–water partition coefficient (Wildman–Crippen LogP) is 1.05. The van der Waals surface area contributed by atoms with Crippen LogP contribution in [0, 0.1) is 0 Å². The Labute approximate surface area is 155 Å². The van der Waals surface area contributed by atoms with Crippen LogP contribution in [-0.2, 0) is 7.05 Å².